The number of methoxy groups -OCH3 is 2. The van der Waals surface area contributed by atoms with E-state index in [1.807, 2.05) is 0 Å². The van der Waals surface area contributed by atoms with Gasteiger partial charge in [0.05, 0.1) is 36.6 Å². The fourth-order valence-corrected chi connectivity index (χ4v) is 3.10. The van der Waals surface area contributed by atoms with Crippen LogP contribution in [0.3, 0.4) is 0 Å². The molecular formula is C20H16ClNO7. The van der Waals surface area contributed by atoms with E-state index in [4.69, 9.17) is 21.1 Å². The fraction of sp³-hybridized carbons (Fsp3) is 0.200. The van der Waals surface area contributed by atoms with Crippen LogP contribution in [0, 0.1) is 0 Å². The third kappa shape index (κ3) is 4.22. The summed E-state index contributed by atoms with van der Waals surface area (Å²) >= 11 is 5.97. The molecule has 0 radical (unpaired) electrons. The van der Waals surface area contributed by atoms with Crippen LogP contribution in [0.25, 0.3) is 0 Å². The number of fused-ring (bicyclic) bond motifs is 1. The predicted molar refractivity (Wildman–Crippen MR) is 102 cm³/mol. The minimum absolute atomic E-state index is 0.0256. The van der Waals surface area contributed by atoms with E-state index in [9.17, 15) is 19.2 Å². The molecule has 1 aliphatic heterocycles. The van der Waals surface area contributed by atoms with Crippen molar-refractivity contribution >= 4 is 41.1 Å². The molecule has 150 valence electrons. The molecule has 8 nitrogen and oxygen atoms in total. The van der Waals surface area contributed by atoms with Gasteiger partial charge in [0.1, 0.15) is 0 Å². The van der Waals surface area contributed by atoms with Crippen LogP contribution in [0.5, 0.6) is 0 Å². The fourth-order valence-electron chi connectivity index (χ4n) is 2.90. The van der Waals surface area contributed by atoms with Crippen molar-refractivity contribution in [3.8, 4) is 0 Å². The van der Waals surface area contributed by atoms with E-state index in [0.717, 1.165) is 0 Å². The third-order valence-electron chi connectivity index (χ3n) is 4.34. The zero-order valence-electron chi connectivity index (χ0n) is 15.5. The number of amides is 1. The first-order valence-electron chi connectivity index (χ1n) is 8.45. The Kier molecular flexibility index (Phi) is 5.84. The molecule has 0 aromatic heterocycles. The van der Waals surface area contributed by atoms with Crippen molar-refractivity contribution in [3.05, 3.63) is 63.7 Å². The topological polar surface area (TPSA) is 108 Å². The molecule has 1 heterocycles. The van der Waals surface area contributed by atoms with E-state index in [0.29, 0.717) is 16.1 Å². The first kappa shape index (κ1) is 20.3. The molecule has 0 fully saturated rings. The molecule has 1 atom stereocenters. The summed E-state index contributed by atoms with van der Waals surface area (Å²) in [4.78, 5) is 48.7. The quantitative estimate of drug-likeness (QED) is 0.601. The van der Waals surface area contributed by atoms with Gasteiger partial charge in [-0.05, 0) is 42.0 Å². The van der Waals surface area contributed by atoms with Gasteiger partial charge >= 0.3 is 17.9 Å². The highest BCUT2D eigenvalue weighted by molar-refractivity contribution is 6.30. The maximum atomic E-state index is 12.7. The standard InChI is InChI=1S/C20H16ClNO7/c1-27-18(24)10-3-5-14(19(25)28-2)15(8-10)22-17(23)16-9-11-7-12(21)4-6-13(11)20(26)29-16/h3-8,16H,9H2,1-2H3,(H,22,23)/t16-/m1/s1. The average molecular weight is 418 g/mol. The second-order valence-corrected chi connectivity index (χ2v) is 6.57. The van der Waals surface area contributed by atoms with Gasteiger partial charge in [-0.1, -0.05) is 11.6 Å². The summed E-state index contributed by atoms with van der Waals surface area (Å²) in [7, 11) is 2.39. The lowest BCUT2D eigenvalue weighted by Gasteiger charge is -2.24. The maximum absolute atomic E-state index is 12.7. The molecule has 0 saturated carbocycles. The molecule has 1 N–H and O–H groups in total. The van der Waals surface area contributed by atoms with Gasteiger partial charge in [-0.15, -0.1) is 0 Å². The molecule has 3 rings (SSSR count). The van der Waals surface area contributed by atoms with Gasteiger partial charge < -0.3 is 19.5 Å². The van der Waals surface area contributed by atoms with Crippen molar-refractivity contribution in [2.45, 2.75) is 12.5 Å². The molecule has 1 aliphatic rings. The van der Waals surface area contributed by atoms with E-state index in [-0.39, 0.29) is 23.2 Å². The van der Waals surface area contributed by atoms with Crippen LogP contribution in [0.15, 0.2) is 36.4 Å². The number of carbonyl (C=O) groups excluding carboxylic acids is 4. The van der Waals surface area contributed by atoms with E-state index >= 15 is 0 Å². The van der Waals surface area contributed by atoms with E-state index in [2.05, 4.69) is 10.1 Å². The zero-order chi connectivity index (χ0) is 21.1. The molecule has 2 aromatic carbocycles. The monoisotopic (exact) mass is 417 g/mol. The lowest BCUT2D eigenvalue weighted by Crippen LogP contribution is -2.38. The van der Waals surface area contributed by atoms with E-state index in [1.54, 1.807) is 12.1 Å². The van der Waals surface area contributed by atoms with Crippen molar-refractivity contribution in [2.75, 3.05) is 19.5 Å². The largest absolute Gasteiger partial charge is 0.465 e. The van der Waals surface area contributed by atoms with E-state index < -0.39 is 29.9 Å². The summed E-state index contributed by atoms with van der Waals surface area (Å²) < 4.78 is 14.6. The lowest BCUT2D eigenvalue weighted by atomic mass is 9.98. The summed E-state index contributed by atoms with van der Waals surface area (Å²) in [6.45, 7) is 0. The van der Waals surface area contributed by atoms with Crippen molar-refractivity contribution in [2.24, 2.45) is 0 Å². The summed E-state index contributed by atoms with van der Waals surface area (Å²) in [5, 5.41) is 2.95. The molecule has 0 aliphatic carbocycles. The molecule has 0 spiro atoms. The summed E-state index contributed by atoms with van der Waals surface area (Å²) in [5.41, 5.74) is 1.08. The van der Waals surface area contributed by atoms with Crippen molar-refractivity contribution in [1.82, 2.24) is 0 Å². The highest BCUT2D eigenvalue weighted by Gasteiger charge is 2.32. The molecule has 0 unspecified atom stereocenters. The Morgan fingerprint density at radius 2 is 1.79 bits per heavy atom. The Hall–Kier alpha value is -3.39. The van der Waals surface area contributed by atoms with Gasteiger partial charge in [0.2, 0.25) is 0 Å². The third-order valence-corrected chi connectivity index (χ3v) is 4.57. The normalized spacial score (nSPS) is 15.0. The van der Waals surface area contributed by atoms with Crippen LogP contribution >= 0.6 is 11.6 Å². The maximum Gasteiger partial charge on any atom is 0.339 e. The molecule has 9 heteroatoms. The highest BCUT2D eigenvalue weighted by Crippen LogP contribution is 2.26. The number of hydrogen-bond donors (Lipinski definition) is 1. The van der Waals surface area contributed by atoms with Gasteiger partial charge in [0.25, 0.3) is 5.91 Å². The van der Waals surface area contributed by atoms with Crippen molar-refractivity contribution in [3.63, 3.8) is 0 Å². The molecule has 0 saturated heterocycles. The van der Waals surface area contributed by atoms with Gasteiger partial charge in [-0.3, -0.25) is 4.79 Å². The Morgan fingerprint density at radius 1 is 1.07 bits per heavy atom. The van der Waals surface area contributed by atoms with Crippen LogP contribution in [0.1, 0.15) is 36.6 Å². The van der Waals surface area contributed by atoms with Gasteiger partial charge in [-0.2, -0.15) is 0 Å². The highest BCUT2D eigenvalue weighted by atomic mass is 35.5. The van der Waals surface area contributed by atoms with Gasteiger partial charge in [0.15, 0.2) is 6.10 Å². The number of halogens is 1. The van der Waals surface area contributed by atoms with E-state index in [1.165, 1.54) is 38.5 Å². The minimum atomic E-state index is -1.14. The lowest BCUT2D eigenvalue weighted by molar-refractivity contribution is -0.125. The number of benzene rings is 2. The Bertz CT molecular complexity index is 1020. The first-order chi connectivity index (χ1) is 13.8. The number of anilines is 1. The smallest absolute Gasteiger partial charge is 0.339 e. The molecular weight excluding hydrogens is 402 g/mol. The SMILES string of the molecule is COC(=O)c1ccc(C(=O)OC)c(NC(=O)[C@H]2Cc3cc(Cl)ccc3C(=O)O2)c1. The predicted octanol–water partition coefficient (Wildman–Crippen LogP) is 2.63. The number of ether oxygens (including phenoxy) is 3. The Morgan fingerprint density at radius 3 is 2.48 bits per heavy atom. The molecule has 29 heavy (non-hydrogen) atoms. The number of rotatable bonds is 4. The first-order valence-corrected chi connectivity index (χ1v) is 8.82. The second kappa shape index (κ2) is 8.32. The number of carbonyl (C=O) groups is 4. The van der Waals surface area contributed by atoms with Crippen LogP contribution in [0.2, 0.25) is 5.02 Å². The minimum Gasteiger partial charge on any atom is -0.465 e. The molecule has 1 amide bonds. The molecule has 2 aromatic rings. The summed E-state index contributed by atoms with van der Waals surface area (Å²) in [5.74, 6) is -2.69. The molecule has 0 bridgehead atoms. The zero-order valence-corrected chi connectivity index (χ0v) is 16.2. The van der Waals surface area contributed by atoms with Crippen molar-refractivity contribution < 1.29 is 33.4 Å². The number of nitrogens with one attached hydrogen (secondary N) is 1. The van der Waals surface area contributed by atoms with Crippen LogP contribution in [-0.2, 0) is 25.4 Å². The van der Waals surface area contributed by atoms with Gasteiger partial charge in [-0.25, -0.2) is 14.4 Å². The second-order valence-electron chi connectivity index (χ2n) is 6.13. The summed E-state index contributed by atoms with van der Waals surface area (Å²) in [6.07, 6.45) is -1.03. The Labute approximate surface area is 170 Å². The number of esters is 3. The Balaban J connectivity index is 1.89. The van der Waals surface area contributed by atoms with Crippen molar-refractivity contribution in [1.29, 1.82) is 0 Å². The summed E-state index contributed by atoms with van der Waals surface area (Å²) in [6, 6.07) is 8.66. The average Bonchev–Trinajstić information content (AvgIpc) is 2.72. The van der Waals surface area contributed by atoms with Crippen LogP contribution in [-0.4, -0.2) is 44.1 Å². The number of cyclic esters (lactones) is 1. The number of hydrogen-bond acceptors (Lipinski definition) is 7. The van der Waals surface area contributed by atoms with Gasteiger partial charge in [0, 0.05) is 11.4 Å². The van der Waals surface area contributed by atoms with Crippen LogP contribution in [0.4, 0.5) is 5.69 Å². The van der Waals surface area contributed by atoms with Crippen LogP contribution < -0.4 is 5.32 Å².